The molecule has 0 aliphatic heterocycles. The number of nitrogens with zero attached hydrogens (tertiary/aromatic N) is 2. The van der Waals surface area contributed by atoms with Crippen LogP contribution in [-0.4, -0.2) is 21.1 Å². The van der Waals surface area contributed by atoms with Crippen molar-refractivity contribution in [3.63, 3.8) is 0 Å². The third kappa shape index (κ3) is 2.68. The highest BCUT2D eigenvalue weighted by molar-refractivity contribution is 7.08. The van der Waals surface area contributed by atoms with E-state index in [-0.39, 0.29) is 18.1 Å². The molecule has 0 fully saturated rings. The molecule has 24 heavy (non-hydrogen) atoms. The van der Waals surface area contributed by atoms with Crippen LogP contribution in [0.3, 0.4) is 0 Å². The van der Waals surface area contributed by atoms with Crippen molar-refractivity contribution in [2.24, 2.45) is 0 Å². The summed E-state index contributed by atoms with van der Waals surface area (Å²) in [6.45, 7) is -0.0990. The summed E-state index contributed by atoms with van der Waals surface area (Å²) in [5.41, 5.74) is 1.82. The van der Waals surface area contributed by atoms with Crippen LogP contribution in [0.2, 0.25) is 5.02 Å². The van der Waals surface area contributed by atoms with Gasteiger partial charge in [-0.1, -0.05) is 35.0 Å². The Morgan fingerprint density at radius 3 is 3.00 bits per heavy atom. The maximum absolute atomic E-state index is 12.2. The number of para-hydroxylation sites is 1. The van der Waals surface area contributed by atoms with Crippen LogP contribution in [0.1, 0.15) is 16.3 Å². The van der Waals surface area contributed by atoms with Gasteiger partial charge in [0.05, 0.1) is 10.6 Å². The summed E-state index contributed by atoms with van der Waals surface area (Å²) in [5.74, 6) is 0.112. The van der Waals surface area contributed by atoms with Crippen LogP contribution in [0.5, 0.6) is 0 Å². The number of esters is 1. The van der Waals surface area contributed by atoms with Crippen molar-refractivity contribution < 1.29 is 14.1 Å². The number of halogens is 1. The van der Waals surface area contributed by atoms with Crippen LogP contribution in [0.15, 0.2) is 45.6 Å². The number of thiophene rings is 1. The lowest BCUT2D eigenvalue weighted by atomic mass is 10.2. The molecule has 8 heteroatoms. The van der Waals surface area contributed by atoms with E-state index in [0.29, 0.717) is 10.9 Å². The van der Waals surface area contributed by atoms with Gasteiger partial charge in [-0.2, -0.15) is 16.3 Å². The predicted octanol–water partition coefficient (Wildman–Crippen LogP) is 4.29. The topological polar surface area (TPSA) is 81.0 Å². The first-order valence-electron chi connectivity index (χ1n) is 7.01. The quantitative estimate of drug-likeness (QED) is 0.550. The van der Waals surface area contributed by atoms with Gasteiger partial charge in [-0.3, -0.25) is 0 Å². The normalized spacial score (nSPS) is 11.0. The number of hydrogen-bond donors (Lipinski definition) is 1. The average Bonchev–Trinajstić information content (AvgIpc) is 3.33. The first-order valence-corrected chi connectivity index (χ1v) is 8.33. The molecule has 120 valence electrons. The summed E-state index contributed by atoms with van der Waals surface area (Å²) in [7, 11) is 0. The van der Waals surface area contributed by atoms with E-state index in [0.717, 1.165) is 16.5 Å². The number of nitrogens with one attached hydrogen (secondary N) is 1. The monoisotopic (exact) mass is 359 g/mol. The third-order valence-corrected chi connectivity index (χ3v) is 4.49. The number of aromatic nitrogens is 3. The number of H-pyrrole nitrogens is 1. The zero-order valence-electron chi connectivity index (χ0n) is 12.2. The van der Waals surface area contributed by atoms with E-state index >= 15 is 0 Å². The van der Waals surface area contributed by atoms with Gasteiger partial charge in [0.1, 0.15) is 5.69 Å². The summed E-state index contributed by atoms with van der Waals surface area (Å²) in [4.78, 5) is 19.4. The number of rotatable bonds is 4. The molecule has 0 spiro atoms. The van der Waals surface area contributed by atoms with Crippen LogP contribution in [0.4, 0.5) is 0 Å². The smallest absolute Gasteiger partial charge is 0.356 e. The van der Waals surface area contributed by atoms with Crippen LogP contribution in [-0.2, 0) is 11.3 Å². The van der Waals surface area contributed by atoms with Gasteiger partial charge in [-0.25, -0.2) is 4.79 Å². The minimum atomic E-state index is -0.571. The molecule has 3 aromatic heterocycles. The number of hydrogen-bond acceptors (Lipinski definition) is 6. The minimum absolute atomic E-state index is 0.0990. The Kier molecular flexibility index (Phi) is 3.79. The first kappa shape index (κ1) is 14.9. The maximum atomic E-state index is 12.2. The Balaban J connectivity index is 1.49. The lowest BCUT2D eigenvalue weighted by Crippen LogP contribution is -2.07. The second-order valence-corrected chi connectivity index (χ2v) is 6.12. The van der Waals surface area contributed by atoms with Gasteiger partial charge in [0, 0.05) is 16.3 Å². The molecule has 0 saturated carbocycles. The fraction of sp³-hybridized carbons (Fsp3) is 0.0625. The molecular weight excluding hydrogens is 350 g/mol. The molecule has 4 aromatic rings. The Hall–Kier alpha value is -2.64. The SMILES string of the molecule is O=C(OCc1noc(-c2ccsc2)n1)c1[nH]c2ccccc2c1Cl. The highest BCUT2D eigenvalue weighted by Crippen LogP contribution is 2.27. The molecule has 1 N–H and O–H groups in total. The molecule has 0 aliphatic rings. The Labute approximate surface area is 145 Å². The van der Waals surface area contributed by atoms with Crippen molar-refractivity contribution in [3.8, 4) is 11.5 Å². The Morgan fingerprint density at radius 2 is 2.21 bits per heavy atom. The van der Waals surface area contributed by atoms with Gasteiger partial charge >= 0.3 is 5.97 Å². The van der Waals surface area contributed by atoms with E-state index in [4.69, 9.17) is 20.9 Å². The van der Waals surface area contributed by atoms with Crippen LogP contribution in [0.25, 0.3) is 22.4 Å². The van der Waals surface area contributed by atoms with Crippen molar-refractivity contribution in [2.45, 2.75) is 6.61 Å². The number of carbonyl (C=O) groups excluding carboxylic acids is 1. The first-order chi connectivity index (χ1) is 11.7. The van der Waals surface area contributed by atoms with Crippen molar-refractivity contribution in [1.82, 2.24) is 15.1 Å². The minimum Gasteiger partial charge on any atom is -0.453 e. The second kappa shape index (κ2) is 6.10. The lowest BCUT2D eigenvalue weighted by molar-refractivity contribution is 0.0454. The number of fused-ring (bicyclic) bond motifs is 1. The van der Waals surface area contributed by atoms with E-state index < -0.39 is 5.97 Å². The van der Waals surface area contributed by atoms with E-state index in [2.05, 4.69) is 15.1 Å². The van der Waals surface area contributed by atoms with E-state index in [1.165, 1.54) is 11.3 Å². The molecule has 0 bridgehead atoms. The molecular formula is C16H10ClN3O3S. The molecule has 3 heterocycles. The average molecular weight is 360 g/mol. The second-order valence-electron chi connectivity index (χ2n) is 4.96. The molecule has 0 unspecified atom stereocenters. The van der Waals surface area contributed by atoms with Crippen LogP contribution in [0, 0.1) is 0 Å². The van der Waals surface area contributed by atoms with Crippen molar-refractivity contribution in [1.29, 1.82) is 0 Å². The van der Waals surface area contributed by atoms with Gasteiger partial charge in [0.15, 0.2) is 6.61 Å². The zero-order chi connectivity index (χ0) is 16.5. The Bertz CT molecular complexity index is 1010. The predicted molar refractivity (Wildman–Crippen MR) is 90.0 cm³/mol. The van der Waals surface area contributed by atoms with Gasteiger partial charge in [0.2, 0.25) is 5.82 Å². The summed E-state index contributed by atoms with van der Waals surface area (Å²) in [6.07, 6.45) is 0. The van der Waals surface area contributed by atoms with Crippen LogP contribution < -0.4 is 0 Å². The fourth-order valence-electron chi connectivity index (χ4n) is 2.27. The molecule has 0 amide bonds. The molecule has 0 aliphatic carbocycles. The highest BCUT2D eigenvalue weighted by Gasteiger charge is 2.18. The molecule has 6 nitrogen and oxygen atoms in total. The van der Waals surface area contributed by atoms with Gasteiger partial charge < -0.3 is 14.2 Å². The van der Waals surface area contributed by atoms with Crippen molar-refractivity contribution in [2.75, 3.05) is 0 Å². The maximum Gasteiger partial charge on any atom is 0.356 e. The fourth-order valence-corrected chi connectivity index (χ4v) is 3.19. The number of aromatic amines is 1. The molecule has 0 atom stereocenters. The summed E-state index contributed by atoms with van der Waals surface area (Å²) >= 11 is 7.76. The van der Waals surface area contributed by atoms with Crippen LogP contribution >= 0.6 is 22.9 Å². The Morgan fingerprint density at radius 1 is 1.33 bits per heavy atom. The highest BCUT2D eigenvalue weighted by atomic mass is 35.5. The van der Waals surface area contributed by atoms with Gasteiger partial charge in [-0.05, 0) is 17.5 Å². The van der Waals surface area contributed by atoms with Gasteiger partial charge in [-0.15, -0.1) is 0 Å². The van der Waals surface area contributed by atoms with E-state index in [1.54, 1.807) is 0 Å². The largest absolute Gasteiger partial charge is 0.453 e. The third-order valence-electron chi connectivity index (χ3n) is 3.42. The molecule has 4 rings (SSSR count). The number of benzene rings is 1. The lowest BCUT2D eigenvalue weighted by Gasteiger charge is -2.00. The summed E-state index contributed by atoms with van der Waals surface area (Å²) in [5, 5.41) is 8.72. The van der Waals surface area contributed by atoms with Crippen molar-refractivity contribution in [3.05, 3.63) is 57.6 Å². The molecule has 1 aromatic carbocycles. The number of ether oxygens (including phenoxy) is 1. The van der Waals surface area contributed by atoms with E-state index in [9.17, 15) is 4.79 Å². The molecule has 0 saturated heterocycles. The summed E-state index contributed by atoms with van der Waals surface area (Å²) < 4.78 is 10.4. The van der Waals surface area contributed by atoms with E-state index in [1.807, 2.05) is 41.1 Å². The standard InChI is InChI=1S/C16H10ClN3O3S/c17-13-10-3-1-2-4-11(10)18-14(13)16(21)22-7-12-19-15(23-20-12)9-5-6-24-8-9/h1-6,8,18H,7H2. The zero-order valence-corrected chi connectivity index (χ0v) is 13.7. The van der Waals surface area contributed by atoms with Crippen molar-refractivity contribution >= 4 is 39.8 Å². The number of carbonyl (C=O) groups is 1. The van der Waals surface area contributed by atoms with Gasteiger partial charge in [0.25, 0.3) is 5.89 Å². The molecule has 0 radical (unpaired) electrons. The summed E-state index contributed by atoms with van der Waals surface area (Å²) in [6, 6.07) is 9.25.